The van der Waals surface area contributed by atoms with E-state index in [1.54, 1.807) is 4.68 Å². The summed E-state index contributed by atoms with van der Waals surface area (Å²) in [4.78, 5) is 8.76. The number of nitrogens with zero attached hydrogens (tertiary/aromatic N) is 4. The Morgan fingerprint density at radius 2 is 1.78 bits per heavy atom. The van der Waals surface area contributed by atoms with Crippen LogP contribution in [0, 0.1) is 13.8 Å². The monoisotopic (exact) mass is 245 g/mol. The van der Waals surface area contributed by atoms with Gasteiger partial charge in [-0.15, -0.1) is 0 Å². The zero-order chi connectivity index (χ0) is 13.3. The minimum atomic E-state index is 0.361. The van der Waals surface area contributed by atoms with E-state index in [1.165, 1.54) is 0 Å². The van der Waals surface area contributed by atoms with Gasteiger partial charge in [0.05, 0.1) is 11.4 Å². The largest absolute Gasteiger partial charge is 0.321 e. The molecule has 0 aliphatic carbocycles. The SMILES string of the molecule is Cc1cc(C)nc(Nc2cn(C)nc2C(C)C)n1. The van der Waals surface area contributed by atoms with Gasteiger partial charge in [-0.3, -0.25) is 4.68 Å². The molecule has 2 heterocycles. The van der Waals surface area contributed by atoms with Crippen molar-refractivity contribution >= 4 is 11.6 Å². The Morgan fingerprint density at radius 3 is 2.33 bits per heavy atom. The third-order valence-corrected chi connectivity index (χ3v) is 2.63. The third-order valence-electron chi connectivity index (χ3n) is 2.63. The van der Waals surface area contributed by atoms with Crippen LogP contribution in [-0.2, 0) is 7.05 Å². The van der Waals surface area contributed by atoms with Crippen LogP contribution in [0.15, 0.2) is 12.3 Å². The lowest BCUT2D eigenvalue weighted by Gasteiger charge is -2.08. The standard InChI is InChI=1S/C13H19N5/c1-8(2)12-11(7-18(5)17-12)16-13-14-9(3)6-10(4)15-13/h6-8H,1-5H3,(H,14,15,16). The van der Waals surface area contributed by atoms with Crippen LogP contribution in [0.3, 0.4) is 0 Å². The lowest BCUT2D eigenvalue weighted by molar-refractivity contribution is 0.713. The average Bonchev–Trinajstić information content (AvgIpc) is 2.57. The van der Waals surface area contributed by atoms with E-state index in [0.29, 0.717) is 11.9 Å². The molecule has 0 saturated carbocycles. The molecule has 0 unspecified atom stereocenters. The van der Waals surface area contributed by atoms with E-state index in [9.17, 15) is 0 Å². The highest BCUT2D eigenvalue weighted by atomic mass is 15.3. The van der Waals surface area contributed by atoms with Crippen molar-refractivity contribution in [1.82, 2.24) is 19.7 Å². The molecule has 0 fully saturated rings. The Bertz CT molecular complexity index is 536. The predicted molar refractivity (Wildman–Crippen MR) is 72.1 cm³/mol. The molecule has 0 aliphatic heterocycles. The lowest BCUT2D eigenvalue weighted by atomic mass is 10.1. The maximum Gasteiger partial charge on any atom is 0.227 e. The normalized spacial score (nSPS) is 11.0. The van der Waals surface area contributed by atoms with Crippen molar-refractivity contribution in [1.29, 1.82) is 0 Å². The molecule has 0 aromatic carbocycles. The molecule has 2 aromatic rings. The topological polar surface area (TPSA) is 55.6 Å². The number of anilines is 2. The van der Waals surface area contributed by atoms with Gasteiger partial charge in [-0.25, -0.2) is 9.97 Å². The van der Waals surface area contributed by atoms with E-state index in [2.05, 4.69) is 34.2 Å². The first-order valence-electron chi connectivity index (χ1n) is 6.08. The van der Waals surface area contributed by atoms with Gasteiger partial charge in [-0.2, -0.15) is 5.10 Å². The fourth-order valence-corrected chi connectivity index (χ4v) is 1.93. The lowest BCUT2D eigenvalue weighted by Crippen LogP contribution is -2.02. The molecule has 0 aliphatic rings. The minimum absolute atomic E-state index is 0.361. The second-order valence-corrected chi connectivity index (χ2v) is 4.86. The van der Waals surface area contributed by atoms with E-state index >= 15 is 0 Å². The van der Waals surface area contributed by atoms with Gasteiger partial charge in [-0.1, -0.05) is 13.8 Å². The molecular formula is C13H19N5. The maximum atomic E-state index is 4.45. The summed E-state index contributed by atoms with van der Waals surface area (Å²) in [5.74, 6) is 0.988. The van der Waals surface area contributed by atoms with Crippen molar-refractivity contribution < 1.29 is 0 Å². The highest BCUT2D eigenvalue weighted by Gasteiger charge is 2.12. The van der Waals surface area contributed by atoms with Gasteiger partial charge in [0.15, 0.2) is 0 Å². The van der Waals surface area contributed by atoms with E-state index in [1.807, 2.05) is 33.2 Å². The first kappa shape index (κ1) is 12.5. The first-order valence-corrected chi connectivity index (χ1v) is 6.08. The number of aryl methyl sites for hydroxylation is 3. The summed E-state index contributed by atoms with van der Waals surface area (Å²) in [6.45, 7) is 8.17. The Kier molecular flexibility index (Phi) is 3.32. The van der Waals surface area contributed by atoms with Crippen LogP contribution in [0.2, 0.25) is 0 Å². The van der Waals surface area contributed by atoms with Crippen LogP contribution in [0.4, 0.5) is 11.6 Å². The number of nitrogens with one attached hydrogen (secondary N) is 1. The summed E-state index contributed by atoms with van der Waals surface area (Å²) in [6.07, 6.45) is 1.95. The van der Waals surface area contributed by atoms with Gasteiger partial charge in [-0.05, 0) is 25.8 Å². The van der Waals surface area contributed by atoms with Crippen LogP contribution in [0.25, 0.3) is 0 Å². The first-order chi connectivity index (χ1) is 8.45. The minimum Gasteiger partial charge on any atom is -0.321 e. The summed E-state index contributed by atoms with van der Waals surface area (Å²) in [5.41, 5.74) is 3.91. The van der Waals surface area contributed by atoms with E-state index in [4.69, 9.17) is 0 Å². The molecule has 18 heavy (non-hydrogen) atoms. The molecule has 0 atom stereocenters. The molecule has 2 rings (SSSR count). The van der Waals surface area contributed by atoms with Crippen molar-refractivity contribution in [2.45, 2.75) is 33.6 Å². The smallest absolute Gasteiger partial charge is 0.227 e. The Morgan fingerprint density at radius 1 is 1.17 bits per heavy atom. The van der Waals surface area contributed by atoms with E-state index in [0.717, 1.165) is 22.8 Å². The van der Waals surface area contributed by atoms with Gasteiger partial charge >= 0.3 is 0 Å². The Labute approximate surface area is 107 Å². The molecular weight excluding hydrogens is 226 g/mol. The van der Waals surface area contributed by atoms with Crippen LogP contribution in [0.1, 0.15) is 36.8 Å². The molecule has 0 radical (unpaired) electrons. The van der Waals surface area contributed by atoms with Gasteiger partial charge < -0.3 is 5.32 Å². The summed E-state index contributed by atoms with van der Waals surface area (Å²) < 4.78 is 1.81. The second-order valence-electron chi connectivity index (χ2n) is 4.86. The Hall–Kier alpha value is -1.91. The molecule has 5 nitrogen and oxygen atoms in total. The quantitative estimate of drug-likeness (QED) is 0.903. The van der Waals surface area contributed by atoms with Crippen molar-refractivity contribution in [2.75, 3.05) is 5.32 Å². The summed E-state index contributed by atoms with van der Waals surface area (Å²) in [5, 5.41) is 7.70. The summed E-state index contributed by atoms with van der Waals surface area (Å²) in [7, 11) is 1.92. The molecule has 0 amide bonds. The fourth-order valence-electron chi connectivity index (χ4n) is 1.93. The van der Waals surface area contributed by atoms with Crippen LogP contribution in [0.5, 0.6) is 0 Å². The molecule has 5 heteroatoms. The van der Waals surface area contributed by atoms with E-state index < -0.39 is 0 Å². The highest BCUT2D eigenvalue weighted by molar-refractivity contribution is 5.56. The van der Waals surface area contributed by atoms with Crippen LogP contribution in [-0.4, -0.2) is 19.7 Å². The molecule has 0 saturated heterocycles. The Balaban J connectivity index is 2.33. The van der Waals surface area contributed by atoms with Crippen LogP contribution >= 0.6 is 0 Å². The molecule has 1 N–H and O–H groups in total. The summed E-state index contributed by atoms with van der Waals surface area (Å²) >= 11 is 0. The van der Waals surface area contributed by atoms with E-state index in [-0.39, 0.29) is 0 Å². The van der Waals surface area contributed by atoms with Crippen molar-refractivity contribution in [3.05, 3.63) is 29.3 Å². The van der Waals surface area contributed by atoms with Gasteiger partial charge in [0.1, 0.15) is 0 Å². The number of hydrogen-bond donors (Lipinski definition) is 1. The highest BCUT2D eigenvalue weighted by Crippen LogP contribution is 2.24. The number of aromatic nitrogens is 4. The number of hydrogen-bond acceptors (Lipinski definition) is 4. The second kappa shape index (κ2) is 4.76. The molecule has 0 spiro atoms. The number of rotatable bonds is 3. The average molecular weight is 245 g/mol. The predicted octanol–water partition coefficient (Wildman–Crippen LogP) is 2.69. The molecule has 96 valence electrons. The zero-order valence-corrected chi connectivity index (χ0v) is 11.5. The van der Waals surface area contributed by atoms with Crippen LogP contribution < -0.4 is 5.32 Å². The van der Waals surface area contributed by atoms with Crippen molar-refractivity contribution in [3.8, 4) is 0 Å². The van der Waals surface area contributed by atoms with Crippen molar-refractivity contribution in [2.24, 2.45) is 7.05 Å². The zero-order valence-electron chi connectivity index (χ0n) is 11.5. The van der Waals surface area contributed by atoms with Gasteiger partial charge in [0, 0.05) is 24.6 Å². The van der Waals surface area contributed by atoms with Gasteiger partial charge in [0.2, 0.25) is 5.95 Å². The molecule has 2 aromatic heterocycles. The maximum absolute atomic E-state index is 4.45. The fraction of sp³-hybridized carbons (Fsp3) is 0.462. The van der Waals surface area contributed by atoms with Gasteiger partial charge in [0.25, 0.3) is 0 Å². The third kappa shape index (κ3) is 2.67. The summed E-state index contributed by atoms with van der Waals surface area (Å²) in [6, 6.07) is 1.96. The van der Waals surface area contributed by atoms with Crippen molar-refractivity contribution in [3.63, 3.8) is 0 Å². The molecule has 0 bridgehead atoms.